The van der Waals surface area contributed by atoms with E-state index < -0.39 is 5.60 Å². The van der Waals surface area contributed by atoms with Gasteiger partial charge >= 0.3 is 6.03 Å². The maximum atomic E-state index is 12.1. The summed E-state index contributed by atoms with van der Waals surface area (Å²) < 4.78 is 0. The van der Waals surface area contributed by atoms with Gasteiger partial charge in [0.25, 0.3) is 0 Å². The number of piperidine rings is 1. The zero-order chi connectivity index (χ0) is 17.7. The van der Waals surface area contributed by atoms with Crippen LogP contribution in [0.1, 0.15) is 26.7 Å². The number of carbonyl (C=O) groups is 1. The van der Waals surface area contributed by atoms with Gasteiger partial charge in [-0.3, -0.25) is 0 Å². The lowest BCUT2D eigenvalue weighted by Crippen LogP contribution is -2.50. The van der Waals surface area contributed by atoms with E-state index in [-0.39, 0.29) is 12.6 Å². The fraction of sp³-hybridized carbons (Fsp3) is 0.611. The lowest BCUT2D eigenvalue weighted by atomic mass is 9.92. The highest BCUT2D eigenvalue weighted by Crippen LogP contribution is 2.21. The van der Waals surface area contributed by atoms with Crippen molar-refractivity contribution in [3.05, 3.63) is 24.3 Å². The third kappa shape index (κ3) is 5.11. The summed E-state index contributed by atoms with van der Waals surface area (Å²) in [5.41, 5.74) is 0.994. The van der Waals surface area contributed by atoms with E-state index in [0.717, 1.165) is 24.5 Å². The van der Waals surface area contributed by atoms with Crippen LogP contribution in [0, 0.1) is 0 Å². The predicted molar refractivity (Wildman–Crippen MR) is 98.7 cm³/mol. The quantitative estimate of drug-likeness (QED) is 0.771. The monoisotopic (exact) mass is 334 g/mol. The van der Waals surface area contributed by atoms with Crippen LogP contribution in [0.15, 0.2) is 24.3 Å². The third-order valence-electron chi connectivity index (χ3n) is 4.78. The molecule has 0 saturated carbocycles. The fourth-order valence-corrected chi connectivity index (χ4v) is 2.73. The molecule has 0 atom stereocenters. The number of likely N-dealkylation sites (tertiary alicyclic amines) is 1. The molecule has 6 heteroatoms. The number of benzene rings is 1. The molecule has 1 aromatic rings. The minimum absolute atomic E-state index is 0.276. The first-order valence-corrected chi connectivity index (χ1v) is 8.58. The van der Waals surface area contributed by atoms with Crippen LogP contribution < -0.4 is 15.5 Å². The highest BCUT2D eigenvalue weighted by molar-refractivity contribution is 5.89. The second-order valence-electron chi connectivity index (χ2n) is 7.09. The molecule has 134 valence electrons. The summed E-state index contributed by atoms with van der Waals surface area (Å²) in [6.45, 7) is 6.22. The summed E-state index contributed by atoms with van der Waals surface area (Å²) in [6, 6.07) is 7.85. The zero-order valence-corrected chi connectivity index (χ0v) is 15.2. The number of rotatable bonds is 5. The van der Waals surface area contributed by atoms with Crippen molar-refractivity contribution in [1.29, 1.82) is 0 Å². The van der Waals surface area contributed by atoms with Gasteiger partial charge in [0, 0.05) is 44.1 Å². The van der Waals surface area contributed by atoms with E-state index in [4.69, 9.17) is 0 Å². The van der Waals surface area contributed by atoms with E-state index in [9.17, 15) is 9.90 Å². The van der Waals surface area contributed by atoms with Gasteiger partial charge in [0.1, 0.15) is 0 Å². The first kappa shape index (κ1) is 18.5. The molecule has 2 amide bonds. The number of anilines is 2. The van der Waals surface area contributed by atoms with Gasteiger partial charge in [-0.1, -0.05) is 6.07 Å². The fourth-order valence-electron chi connectivity index (χ4n) is 2.73. The van der Waals surface area contributed by atoms with Crippen molar-refractivity contribution in [3.8, 4) is 0 Å². The Kier molecular flexibility index (Phi) is 6.07. The van der Waals surface area contributed by atoms with Crippen LogP contribution in [-0.4, -0.2) is 61.4 Å². The average molecular weight is 334 g/mol. The molecule has 1 saturated heterocycles. The molecular formula is C18H30N4O2. The Balaban J connectivity index is 1.87. The van der Waals surface area contributed by atoms with Crippen LogP contribution in [0.3, 0.4) is 0 Å². The summed E-state index contributed by atoms with van der Waals surface area (Å²) in [4.78, 5) is 16.4. The second-order valence-corrected chi connectivity index (χ2v) is 7.09. The van der Waals surface area contributed by atoms with Crippen molar-refractivity contribution >= 4 is 17.4 Å². The average Bonchev–Trinajstić information content (AvgIpc) is 2.55. The SMILES string of the molecule is CC(C)N(C)c1cccc(NC(=O)NCC2(O)CCN(C)CC2)c1. The van der Waals surface area contributed by atoms with Crippen LogP contribution in [0.5, 0.6) is 0 Å². The van der Waals surface area contributed by atoms with Crippen LogP contribution in [0.4, 0.5) is 16.2 Å². The molecule has 0 bridgehead atoms. The first-order valence-electron chi connectivity index (χ1n) is 8.58. The standard InChI is InChI=1S/C18H30N4O2/c1-14(2)22(4)16-7-5-6-15(12-16)20-17(23)19-13-18(24)8-10-21(3)11-9-18/h5-7,12,14,24H,8-11,13H2,1-4H3,(H2,19,20,23). The normalized spacial score (nSPS) is 17.6. The Hall–Kier alpha value is -1.79. The van der Waals surface area contributed by atoms with Gasteiger partial charge in [-0.25, -0.2) is 4.79 Å². The summed E-state index contributed by atoms with van der Waals surface area (Å²) in [5, 5.41) is 16.1. The molecule has 0 aromatic heterocycles. The number of nitrogens with zero attached hydrogens (tertiary/aromatic N) is 2. The minimum Gasteiger partial charge on any atom is -0.388 e. The number of nitrogens with one attached hydrogen (secondary N) is 2. The van der Waals surface area contributed by atoms with E-state index in [1.807, 2.05) is 38.4 Å². The topological polar surface area (TPSA) is 67.8 Å². The van der Waals surface area contributed by atoms with Gasteiger partial charge in [-0.15, -0.1) is 0 Å². The third-order valence-corrected chi connectivity index (χ3v) is 4.78. The highest BCUT2D eigenvalue weighted by Gasteiger charge is 2.31. The van der Waals surface area contributed by atoms with Crippen molar-refractivity contribution in [2.75, 3.05) is 43.9 Å². The van der Waals surface area contributed by atoms with Gasteiger partial charge in [-0.2, -0.15) is 0 Å². The van der Waals surface area contributed by atoms with E-state index in [2.05, 4.69) is 34.3 Å². The van der Waals surface area contributed by atoms with Crippen molar-refractivity contribution in [3.63, 3.8) is 0 Å². The lowest BCUT2D eigenvalue weighted by molar-refractivity contribution is -0.0120. The molecule has 0 unspecified atom stereocenters. The Morgan fingerprint density at radius 3 is 2.67 bits per heavy atom. The lowest BCUT2D eigenvalue weighted by Gasteiger charge is -2.36. The molecule has 1 aliphatic heterocycles. The molecule has 0 spiro atoms. The van der Waals surface area contributed by atoms with E-state index in [1.165, 1.54) is 0 Å². The van der Waals surface area contributed by atoms with Crippen molar-refractivity contribution in [2.24, 2.45) is 0 Å². The van der Waals surface area contributed by atoms with Crippen molar-refractivity contribution in [1.82, 2.24) is 10.2 Å². The molecule has 1 aromatic carbocycles. The number of amides is 2. The molecule has 1 aliphatic rings. The van der Waals surface area contributed by atoms with Crippen LogP contribution in [0.25, 0.3) is 0 Å². The van der Waals surface area contributed by atoms with Gasteiger partial charge in [0.2, 0.25) is 0 Å². The van der Waals surface area contributed by atoms with E-state index in [0.29, 0.717) is 18.9 Å². The highest BCUT2D eigenvalue weighted by atomic mass is 16.3. The van der Waals surface area contributed by atoms with Gasteiger partial charge in [0.15, 0.2) is 0 Å². The Morgan fingerprint density at radius 1 is 1.38 bits per heavy atom. The van der Waals surface area contributed by atoms with Crippen molar-refractivity contribution < 1.29 is 9.90 Å². The number of hydrogen-bond donors (Lipinski definition) is 3. The maximum Gasteiger partial charge on any atom is 0.319 e. The van der Waals surface area contributed by atoms with Gasteiger partial charge in [0.05, 0.1) is 5.60 Å². The molecule has 6 nitrogen and oxygen atoms in total. The van der Waals surface area contributed by atoms with Crippen molar-refractivity contribution in [2.45, 2.75) is 38.3 Å². The van der Waals surface area contributed by atoms with E-state index >= 15 is 0 Å². The van der Waals surface area contributed by atoms with E-state index in [1.54, 1.807) is 0 Å². The summed E-state index contributed by atoms with van der Waals surface area (Å²) in [6.07, 6.45) is 1.36. The molecule has 0 radical (unpaired) electrons. The Labute approximate surface area is 144 Å². The number of aliphatic hydroxyl groups is 1. The smallest absolute Gasteiger partial charge is 0.319 e. The molecular weight excluding hydrogens is 304 g/mol. The Morgan fingerprint density at radius 2 is 2.04 bits per heavy atom. The second kappa shape index (κ2) is 7.85. The summed E-state index contributed by atoms with van der Waals surface area (Å²) in [7, 11) is 4.07. The molecule has 24 heavy (non-hydrogen) atoms. The zero-order valence-electron chi connectivity index (χ0n) is 15.2. The van der Waals surface area contributed by atoms with Gasteiger partial charge in [-0.05, 0) is 51.9 Å². The molecule has 1 heterocycles. The predicted octanol–water partition coefficient (Wildman–Crippen LogP) is 2.11. The number of hydrogen-bond acceptors (Lipinski definition) is 4. The molecule has 2 rings (SSSR count). The van der Waals surface area contributed by atoms with Gasteiger partial charge < -0.3 is 25.5 Å². The molecule has 3 N–H and O–H groups in total. The summed E-state index contributed by atoms with van der Waals surface area (Å²) in [5.74, 6) is 0. The number of carbonyl (C=O) groups excluding carboxylic acids is 1. The molecule has 1 fully saturated rings. The molecule has 0 aliphatic carbocycles. The first-order chi connectivity index (χ1) is 11.3. The minimum atomic E-state index is -0.802. The maximum absolute atomic E-state index is 12.1. The van der Waals surface area contributed by atoms with Crippen LogP contribution >= 0.6 is 0 Å². The van der Waals surface area contributed by atoms with Crippen LogP contribution in [-0.2, 0) is 0 Å². The largest absolute Gasteiger partial charge is 0.388 e. The summed E-state index contributed by atoms with van der Waals surface area (Å²) >= 11 is 0. The number of urea groups is 1. The van der Waals surface area contributed by atoms with Crippen LogP contribution in [0.2, 0.25) is 0 Å². The Bertz CT molecular complexity index is 554.